The van der Waals surface area contributed by atoms with Gasteiger partial charge in [0.05, 0.1) is 28.3 Å². The van der Waals surface area contributed by atoms with Crippen molar-refractivity contribution in [1.82, 2.24) is 10.2 Å². The zero-order chi connectivity index (χ0) is 21.0. The fourth-order valence-corrected chi connectivity index (χ4v) is 3.25. The Hall–Kier alpha value is -3.39. The molecule has 7 nitrogen and oxygen atoms in total. The summed E-state index contributed by atoms with van der Waals surface area (Å²) in [6.45, 7) is 3.54. The molecular formula is C21H18ClN5O2. The monoisotopic (exact) mass is 407 g/mol. The van der Waals surface area contributed by atoms with E-state index >= 15 is 0 Å². The highest BCUT2D eigenvalue weighted by atomic mass is 35.5. The average molecular weight is 408 g/mol. The van der Waals surface area contributed by atoms with Crippen LogP contribution in [0.1, 0.15) is 42.5 Å². The van der Waals surface area contributed by atoms with E-state index in [1.54, 1.807) is 43.3 Å². The molecule has 0 saturated carbocycles. The first kappa shape index (κ1) is 20.3. The molecule has 0 radical (unpaired) electrons. The molecule has 146 valence electrons. The molecule has 3 aromatic rings. The standard InChI is InChI=1S/C21H18ClN5O2/c1-3-16-17(9-8-15(11-24)18(16)22)25-19(12(2)28)21-27-26-20(29-21)14-6-4-13(10-23)5-7-14/h4-9,12,19,25,28H,3H2,1-2H3/t12-,19-/m1/s1. The van der Waals surface area contributed by atoms with Gasteiger partial charge in [0.25, 0.3) is 0 Å². The molecule has 0 amide bonds. The van der Waals surface area contributed by atoms with Gasteiger partial charge in [-0.25, -0.2) is 0 Å². The Balaban J connectivity index is 1.92. The SMILES string of the molecule is CCc1c(N[C@@H](c2nnc(-c3ccc(C#N)cc3)o2)[C@@H](C)O)ccc(C#N)c1Cl. The lowest BCUT2D eigenvalue weighted by molar-refractivity contribution is 0.159. The number of nitrogens with zero attached hydrogens (tertiary/aromatic N) is 4. The molecule has 2 aromatic carbocycles. The summed E-state index contributed by atoms with van der Waals surface area (Å²) in [7, 11) is 0. The molecule has 0 saturated heterocycles. The number of aliphatic hydroxyl groups excluding tert-OH is 1. The molecule has 2 atom stereocenters. The second-order valence-corrected chi connectivity index (χ2v) is 6.79. The Morgan fingerprint density at radius 3 is 2.45 bits per heavy atom. The van der Waals surface area contributed by atoms with Crippen molar-refractivity contribution in [2.45, 2.75) is 32.4 Å². The van der Waals surface area contributed by atoms with Crippen LogP contribution in [0.15, 0.2) is 40.8 Å². The van der Waals surface area contributed by atoms with Crippen molar-refractivity contribution in [3.05, 3.63) is 64.0 Å². The van der Waals surface area contributed by atoms with E-state index < -0.39 is 12.1 Å². The van der Waals surface area contributed by atoms with Crippen LogP contribution in [-0.4, -0.2) is 21.4 Å². The lowest BCUT2D eigenvalue weighted by Gasteiger charge is -2.21. The van der Waals surface area contributed by atoms with Crippen molar-refractivity contribution >= 4 is 17.3 Å². The highest BCUT2D eigenvalue weighted by Crippen LogP contribution is 2.32. The van der Waals surface area contributed by atoms with E-state index in [4.69, 9.17) is 21.3 Å². The van der Waals surface area contributed by atoms with Gasteiger partial charge in [-0.1, -0.05) is 18.5 Å². The summed E-state index contributed by atoms with van der Waals surface area (Å²) >= 11 is 6.33. The van der Waals surface area contributed by atoms with Gasteiger partial charge in [-0.3, -0.25) is 0 Å². The Bertz CT molecular complexity index is 1090. The van der Waals surface area contributed by atoms with Gasteiger partial charge < -0.3 is 14.8 Å². The normalized spacial score (nSPS) is 12.6. The van der Waals surface area contributed by atoms with Crippen LogP contribution in [0.5, 0.6) is 0 Å². The third kappa shape index (κ3) is 4.22. The molecule has 0 bridgehead atoms. The van der Waals surface area contributed by atoms with Crippen LogP contribution >= 0.6 is 11.6 Å². The predicted molar refractivity (Wildman–Crippen MR) is 108 cm³/mol. The molecular weight excluding hydrogens is 390 g/mol. The highest BCUT2D eigenvalue weighted by molar-refractivity contribution is 6.32. The molecule has 0 aliphatic carbocycles. The zero-order valence-electron chi connectivity index (χ0n) is 15.8. The molecule has 1 aromatic heterocycles. The topological polar surface area (TPSA) is 119 Å². The predicted octanol–water partition coefficient (Wildman–Crippen LogP) is 4.23. The van der Waals surface area contributed by atoms with Crippen LogP contribution in [0.2, 0.25) is 5.02 Å². The molecule has 3 rings (SSSR count). The first-order chi connectivity index (χ1) is 14.0. The number of hydrogen-bond acceptors (Lipinski definition) is 7. The van der Waals surface area contributed by atoms with E-state index in [1.807, 2.05) is 6.92 Å². The van der Waals surface area contributed by atoms with Gasteiger partial charge in [0.2, 0.25) is 11.8 Å². The van der Waals surface area contributed by atoms with Crippen LogP contribution in [0, 0.1) is 22.7 Å². The minimum atomic E-state index is -0.844. The van der Waals surface area contributed by atoms with Crippen molar-refractivity contribution in [2.75, 3.05) is 5.32 Å². The van der Waals surface area contributed by atoms with Crippen molar-refractivity contribution in [3.8, 4) is 23.6 Å². The van der Waals surface area contributed by atoms with E-state index in [1.165, 1.54) is 0 Å². The minimum absolute atomic E-state index is 0.210. The summed E-state index contributed by atoms with van der Waals surface area (Å²) in [6, 6.07) is 13.6. The molecule has 2 N–H and O–H groups in total. The summed E-state index contributed by atoms with van der Waals surface area (Å²) in [5, 5.41) is 40.1. The highest BCUT2D eigenvalue weighted by Gasteiger charge is 2.25. The van der Waals surface area contributed by atoms with Crippen molar-refractivity contribution < 1.29 is 9.52 Å². The number of aliphatic hydroxyl groups is 1. The maximum absolute atomic E-state index is 10.3. The Morgan fingerprint density at radius 1 is 1.14 bits per heavy atom. The summed E-state index contributed by atoms with van der Waals surface area (Å²) in [6.07, 6.45) is -0.243. The lowest BCUT2D eigenvalue weighted by atomic mass is 10.0. The van der Waals surface area contributed by atoms with Gasteiger partial charge in [-0.05, 0) is 55.3 Å². The van der Waals surface area contributed by atoms with Crippen molar-refractivity contribution in [1.29, 1.82) is 10.5 Å². The van der Waals surface area contributed by atoms with Gasteiger partial charge in [-0.15, -0.1) is 10.2 Å². The first-order valence-corrected chi connectivity index (χ1v) is 9.36. The molecule has 0 spiro atoms. The second kappa shape index (κ2) is 8.74. The van der Waals surface area contributed by atoms with E-state index in [0.717, 1.165) is 5.56 Å². The van der Waals surface area contributed by atoms with Crippen LogP contribution in [0.3, 0.4) is 0 Å². The van der Waals surface area contributed by atoms with E-state index in [-0.39, 0.29) is 11.8 Å². The molecule has 0 aliphatic rings. The number of rotatable bonds is 6. The fourth-order valence-electron chi connectivity index (χ4n) is 2.91. The summed E-state index contributed by atoms with van der Waals surface area (Å²) < 4.78 is 5.77. The number of nitrogens with one attached hydrogen (secondary N) is 1. The Morgan fingerprint density at radius 2 is 1.86 bits per heavy atom. The van der Waals surface area contributed by atoms with Crippen molar-refractivity contribution in [2.24, 2.45) is 0 Å². The molecule has 8 heteroatoms. The van der Waals surface area contributed by atoms with Crippen LogP contribution in [-0.2, 0) is 6.42 Å². The lowest BCUT2D eigenvalue weighted by Crippen LogP contribution is -2.24. The minimum Gasteiger partial charge on any atom is -0.418 e. The van der Waals surface area contributed by atoms with Crippen LogP contribution in [0.4, 0.5) is 5.69 Å². The number of benzene rings is 2. The third-order valence-corrected chi connectivity index (χ3v) is 4.91. The Kier molecular flexibility index (Phi) is 6.13. The number of halogens is 1. The second-order valence-electron chi connectivity index (χ2n) is 6.42. The van der Waals surface area contributed by atoms with Crippen molar-refractivity contribution in [3.63, 3.8) is 0 Å². The average Bonchev–Trinajstić information content (AvgIpc) is 3.21. The molecule has 0 unspecified atom stereocenters. The summed E-state index contributed by atoms with van der Waals surface area (Å²) in [5.41, 5.74) is 3.04. The number of nitriles is 2. The summed E-state index contributed by atoms with van der Waals surface area (Å²) in [5.74, 6) is 0.493. The zero-order valence-corrected chi connectivity index (χ0v) is 16.6. The number of hydrogen-bond donors (Lipinski definition) is 2. The van der Waals surface area contributed by atoms with Crippen LogP contribution in [0.25, 0.3) is 11.5 Å². The fraction of sp³-hybridized carbons (Fsp3) is 0.238. The maximum Gasteiger partial charge on any atom is 0.247 e. The van der Waals surface area contributed by atoms with E-state index in [9.17, 15) is 10.4 Å². The maximum atomic E-state index is 10.3. The van der Waals surface area contributed by atoms with Gasteiger partial charge >= 0.3 is 0 Å². The number of anilines is 1. The van der Waals surface area contributed by atoms with Crippen LogP contribution < -0.4 is 5.32 Å². The first-order valence-electron chi connectivity index (χ1n) is 8.98. The largest absolute Gasteiger partial charge is 0.418 e. The molecule has 0 fully saturated rings. The molecule has 29 heavy (non-hydrogen) atoms. The molecule has 0 aliphatic heterocycles. The van der Waals surface area contributed by atoms with Gasteiger partial charge in [0.15, 0.2) is 0 Å². The Labute approximate surface area is 173 Å². The number of aromatic nitrogens is 2. The van der Waals surface area contributed by atoms with E-state index in [0.29, 0.717) is 33.8 Å². The van der Waals surface area contributed by atoms with Gasteiger partial charge in [-0.2, -0.15) is 10.5 Å². The third-order valence-electron chi connectivity index (χ3n) is 4.48. The van der Waals surface area contributed by atoms with Gasteiger partial charge in [0.1, 0.15) is 12.1 Å². The molecule has 1 heterocycles. The van der Waals surface area contributed by atoms with E-state index in [2.05, 4.69) is 27.7 Å². The quantitative estimate of drug-likeness (QED) is 0.627. The summed E-state index contributed by atoms with van der Waals surface area (Å²) in [4.78, 5) is 0. The van der Waals surface area contributed by atoms with Gasteiger partial charge in [0, 0.05) is 11.3 Å². The smallest absolute Gasteiger partial charge is 0.247 e.